The molecule has 3 nitrogen and oxygen atoms in total. The summed E-state index contributed by atoms with van der Waals surface area (Å²) >= 11 is 5.77. The Balaban J connectivity index is 1.90. The van der Waals surface area contributed by atoms with Gasteiger partial charge in [0.15, 0.2) is 0 Å². The van der Waals surface area contributed by atoms with Gasteiger partial charge in [-0.2, -0.15) is 0 Å². The second-order valence-corrected chi connectivity index (χ2v) is 4.28. The fourth-order valence-corrected chi connectivity index (χ4v) is 1.88. The Labute approximate surface area is 99.0 Å². The van der Waals surface area contributed by atoms with Crippen molar-refractivity contribution in [1.29, 1.82) is 0 Å². The summed E-state index contributed by atoms with van der Waals surface area (Å²) in [4.78, 5) is 24.0. The van der Waals surface area contributed by atoms with E-state index in [2.05, 4.69) is 0 Å². The highest BCUT2D eigenvalue weighted by Gasteiger charge is 2.28. The van der Waals surface area contributed by atoms with Gasteiger partial charge < -0.3 is 4.90 Å². The SMILES string of the molecule is O=C1CCN(CCc2ccc(Cl)cc2)C1=O. The number of rotatable bonds is 3. The number of carbonyl (C=O) groups is 2. The molecule has 0 spiro atoms. The van der Waals surface area contributed by atoms with Gasteiger partial charge in [-0.05, 0) is 24.1 Å². The molecule has 0 bridgehead atoms. The quantitative estimate of drug-likeness (QED) is 0.751. The summed E-state index contributed by atoms with van der Waals surface area (Å²) in [6.07, 6.45) is 1.12. The normalized spacial score (nSPS) is 15.9. The molecule has 1 amide bonds. The van der Waals surface area contributed by atoms with Crippen LogP contribution in [0, 0.1) is 0 Å². The molecule has 16 heavy (non-hydrogen) atoms. The number of benzene rings is 1. The largest absolute Gasteiger partial charge is 0.335 e. The summed E-state index contributed by atoms with van der Waals surface area (Å²) in [6, 6.07) is 7.52. The zero-order valence-corrected chi connectivity index (χ0v) is 9.54. The lowest BCUT2D eigenvalue weighted by Crippen LogP contribution is -2.29. The maximum atomic E-state index is 11.3. The third kappa shape index (κ3) is 2.42. The maximum Gasteiger partial charge on any atom is 0.290 e. The molecule has 1 heterocycles. The van der Waals surface area contributed by atoms with Gasteiger partial charge in [0, 0.05) is 24.5 Å². The van der Waals surface area contributed by atoms with Crippen molar-refractivity contribution in [2.45, 2.75) is 12.8 Å². The molecular weight excluding hydrogens is 226 g/mol. The summed E-state index contributed by atoms with van der Waals surface area (Å²) in [5, 5.41) is 0.705. The summed E-state index contributed by atoms with van der Waals surface area (Å²) in [5.74, 6) is -0.606. The van der Waals surface area contributed by atoms with Crippen molar-refractivity contribution < 1.29 is 9.59 Å². The highest BCUT2D eigenvalue weighted by molar-refractivity contribution is 6.37. The number of ketones is 1. The molecule has 1 fully saturated rings. The number of Topliss-reactive ketones (excluding diaryl/α,β-unsaturated/α-hetero) is 1. The average Bonchev–Trinajstić information content (AvgIpc) is 2.60. The first-order valence-corrected chi connectivity index (χ1v) is 5.61. The average molecular weight is 238 g/mol. The molecule has 0 unspecified atom stereocenters. The van der Waals surface area contributed by atoms with Crippen LogP contribution in [0.4, 0.5) is 0 Å². The van der Waals surface area contributed by atoms with Crippen LogP contribution in [0.3, 0.4) is 0 Å². The van der Waals surface area contributed by atoms with Gasteiger partial charge in [0.2, 0.25) is 5.78 Å². The summed E-state index contributed by atoms with van der Waals surface area (Å²) in [5.41, 5.74) is 1.12. The van der Waals surface area contributed by atoms with E-state index in [9.17, 15) is 9.59 Å². The summed E-state index contributed by atoms with van der Waals surface area (Å²) < 4.78 is 0. The van der Waals surface area contributed by atoms with E-state index in [1.54, 1.807) is 4.90 Å². The predicted molar refractivity (Wildman–Crippen MR) is 61.4 cm³/mol. The molecule has 0 radical (unpaired) electrons. The standard InChI is InChI=1S/C12H12ClNO2/c13-10-3-1-9(2-4-10)5-7-14-8-6-11(15)12(14)16/h1-4H,5-8H2. The Morgan fingerprint density at radius 3 is 2.44 bits per heavy atom. The Hall–Kier alpha value is -1.35. The number of likely N-dealkylation sites (tertiary alicyclic amines) is 1. The van der Waals surface area contributed by atoms with Crippen molar-refractivity contribution >= 4 is 23.3 Å². The van der Waals surface area contributed by atoms with Crippen LogP contribution in [0.2, 0.25) is 5.02 Å². The van der Waals surface area contributed by atoms with Gasteiger partial charge in [0.05, 0.1) is 0 Å². The molecule has 84 valence electrons. The van der Waals surface area contributed by atoms with Crippen LogP contribution in [0.25, 0.3) is 0 Å². The number of halogens is 1. The second-order valence-electron chi connectivity index (χ2n) is 3.84. The van der Waals surface area contributed by atoms with Crippen LogP contribution < -0.4 is 0 Å². The molecule has 1 aromatic carbocycles. The van der Waals surface area contributed by atoms with Crippen molar-refractivity contribution in [2.75, 3.05) is 13.1 Å². The highest BCUT2D eigenvalue weighted by atomic mass is 35.5. The smallest absolute Gasteiger partial charge is 0.290 e. The van der Waals surface area contributed by atoms with E-state index < -0.39 is 0 Å². The Morgan fingerprint density at radius 2 is 1.88 bits per heavy atom. The first-order valence-electron chi connectivity index (χ1n) is 5.23. The molecule has 0 aromatic heterocycles. The highest BCUT2D eigenvalue weighted by Crippen LogP contribution is 2.12. The number of hydrogen-bond donors (Lipinski definition) is 0. The third-order valence-corrected chi connectivity index (χ3v) is 2.97. The van der Waals surface area contributed by atoms with Gasteiger partial charge in [0.1, 0.15) is 0 Å². The van der Waals surface area contributed by atoms with Crippen molar-refractivity contribution in [3.63, 3.8) is 0 Å². The Kier molecular flexibility index (Phi) is 3.25. The molecule has 2 rings (SSSR count). The molecule has 1 aromatic rings. The van der Waals surface area contributed by atoms with Crippen LogP contribution in [-0.4, -0.2) is 29.7 Å². The fourth-order valence-electron chi connectivity index (χ4n) is 1.75. The van der Waals surface area contributed by atoms with E-state index in [1.165, 1.54) is 0 Å². The number of carbonyl (C=O) groups excluding carboxylic acids is 2. The zero-order chi connectivity index (χ0) is 11.5. The molecule has 1 aliphatic rings. The number of amides is 1. The van der Waals surface area contributed by atoms with Crippen molar-refractivity contribution in [3.05, 3.63) is 34.9 Å². The molecule has 1 saturated heterocycles. The van der Waals surface area contributed by atoms with Crippen LogP contribution >= 0.6 is 11.6 Å². The van der Waals surface area contributed by atoms with Gasteiger partial charge in [-0.15, -0.1) is 0 Å². The minimum Gasteiger partial charge on any atom is -0.335 e. The third-order valence-electron chi connectivity index (χ3n) is 2.72. The maximum absolute atomic E-state index is 11.3. The monoisotopic (exact) mass is 237 g/mol. The second kappa shape index (κ2) is 4.66. The van der Waals surface area contributed by atoms with E-state index in [0.717, 1.165) is 12.0 Å². The van der Waals surface area contributed by atoms with Crippen LogP contribution in [0.1, 0.15) is 12.0 Å². The van der Waals surface area contributed by atoms with E-state index in [0.29, 0.717) is 24.5 Å². The molecule has 4 heteroatoms. The number of nitrogens with zero attached hydrogens (tertiary/aromatic N) is 1. The summed E-state index contributed by atoms with van der Waals surface area (Å²) in [6.45, 7) is 1.16. The lowest BCUT2D eigenvalue weighted by Gasteiger charge is -2.13. The van der Waals surface area contributed by atoms with Gasteiger partial charge >= 0.3 is 0 Å². The first-order chi connectivity index (χ1) is 7.66. The summed E-state index contributed by atoms with van der Waals surface area (Å²) in [7, 11) is 0. The van der Waals surface area contributed by atoms with Gasteiger partial charge in [-0.3, -0.25) is 9.59 Å². The lowest BCUT2D eigenvalue weighted by atomic mass is 10.1. The molecule has 0 aliphatic carbocycles. The molecule has 0 N–H and O–H groups in total. The molecule has 0 saturated carbocycles. The van der Waals surface area contributed by atoms with E-state index >= 15 is 0 Å². The minimum atomic E-state index is -0.339. The number of hydrogen-bond acceptors (Lipinski definition) is 2. The Bertz CT molecular complexity index is 414. The van der Waals surface area contributed by atoms with E-state index in [4.69, 9.17) is 11.6 Å². The van der Waals surface area contributed by atoms with E-state index in [-0.39, 0.29) is 11.7 Å². The zero-order valence-electron chi connectivity index (χ0n) is 8.78. The predicted octanol–water partition coefficient (Wildman–Crippen LogP) is 1.68. The van der Waals surface area contributed by atoms with Gasteiger partial charge in [-0.25, -0.2) is 0 Å². The molecule has 0 atom stereocenters. The van der Waals surface area contributed by atoms with Crippen LogP contribution in [-0.2, 0) is 16.0 Å². The molecule has 1 aliphatic heterocycles. The topological polar surface area (TPSA) is 37.4 Å². The van der Waals surface area contributed by atoms with E-state index in [1.807, 2.05) is 24.3 Å². The van der Waals surface area contributed by atoms with Crippen LogP contribution in [0.15, 0.2) is 24.3 Å². The van der Waals surface area contributed by atoms with Crippen molar-refractivity contribution in [3.8, 4) is 0 Å². The van der Waals surface area contributed by atoms with Crippen LogP contribution in [0.5, 0.6) is 0 Å². The van der Waals surface area contributed by atoms with Gasteiger partial charge in [-0.1, -0.05) is 23.7 Å². The van der Waals surface area contributed by atoms with Crippen molar-refractivity contribution in [2.24, 2.45) is 0 Å². The fraction of sp³-hybridized carbons (Fsp3) is 0.333. The van der Waals surface area contributed by atoms with Gasteiger partial charge in [0.25, 0.3) is 5.91 Å². The minimum absolute atomic E-state index is 0.267. The van der Waals surface area contributed by atoms with Crippen molar-refractivity contribution in [1.82, 2.24) is 4.90 Å². The lowest BCUT2D eigenvalue weighted by molar-refractivity contribution is -0.139. The first kappa shape index (κ1) is 11.1. The molecular formula is C12H12ClNO2. The Morgan fingerprint density at radius 1 is 1.19 bits per heavy atom.